The van der Waals surface area contributed by atoms with E-state index < -0.39 is 0 Å². The Hall–Kier alpha value is -0.0400. The normalized spacial score (nSPS) is 19.5. The molecule has 10 heavy (non-hydrogen) atoms. The predicted molar refractivity (Wildman–Crippen MR) is 45.0 cm³/mol. The summed E-state index contributed by atoms with van der Waals surface area (Å²) in [6.45, 7) is 9.22. The molecule has 1 rings (SSSR count). The van der Waals surface area contributed by atoms with Gasteiger partial charge in [-0.3, -0.25) is 0 Å². The highest BCUT2D eigenvalue weighted by Crippen LogP contribution is 2.27. The van der Waals surface area contributed by atoms with Crippen molar-refractivity contribution in [3.05, 3.63) is 0 Å². The first-order chi connectivity index (χ1) is 4.58. The number of hydrogen-bond donors (Lipinski definition) is 1. The SMILES string of the molecule is CC(C)(C)CNCC1CC1. The molecule has 0 aromatic rings. The molecule has 1 fully saturated rings. The van der Waals surface area contributed by atoms with Crippen LogP contribution in [0.25, 0.3) is 0 Å². The van der Waals surface area contributed by atoms with Gasteiger partial charge in [-0.05, 0) is 37.3 Å². The monoisotopic (exact) mass is 141 g/mol. The van der Waals surface area contributed by atoms with E-state index in [1.54, 1.807) is 0 Å². The Balaban J connectivity index is 1.93. The average molecular weight is 141 g/mol. The Morgan fingerprint density at radius 2 is 1.90 bits per heavy atom. The van der Waals surface area contributed by atoms with Gasteiger partial charge in [-0.15, -0.1) is 0 Å². The van der Waals surface area contributed by atoms with Crippen molar-refractivity contribution in [2.45, 2.75) is 33.6 Å². The lowest BCUT2D eigenvalue weighted by Gasteiger charge is -2.18. The first-order valence-corrected chi connectivity index (χ1v) is 4.29. The van der Waals surface area contributed by atoms with Crippen molar-refractivity contribution in [1.82, 2.24) is 5.32 Å². The molecule has 0 aromatic heterocycles. The molecule has 0 bridgehead atoms. The lowest BCUT2D eigenvalue weighted by Crippen LogP contribution is -2.28. The minimum atomic E-state index is 0.453. The highest BCUT2D eigenvalue weighted by molar-refractivity contribution is 4.76. The van der Waals surface area contributed by atoms with E-state index >= 15 is 0 Å². The molecule has 1 saturated carbocycles. The fourth-order valence-electron chi connectivity index (χ4n) is 0.973. The van der Waals surface area contributed by atoms with Crippen LogP contribution < -0.4 is 5.32 Å². The van der Waals surface area contributed by atoms with Gasteiger partial charge in [0.1, 0.15) is 0 Å². The summed E-state index contributed by atoms with van der Waals surface area (Å²) in [6.07, 6.45) is 2.91. The molecule has 0 aromatic carbocycles. The standard InChI is InChI=1S/C9H19N/c1-9(2,3)7-10-6-8-4-5-8/h8,10H,4-7H2,1-3H3. The largest absolute Gasteiger partial charge is 0.316 e. The van der Waals surface area contributed by atoms with Gasteiger partial charge in [0.05, 0.1) is 0 Å². The number of nitrogens with one attached hydrogen (secondary N) is 1. The van der Waals surface area contributed by atoms with Gasteiger partial charge in [0.15, 0.2) is 0 Å². The highest BCUT2D eigenvalue weighted by atomic mass is 14.9. The quantitative estimate of drug-likeness (QED) is 0.634. The summed E-state index contributed by atoms with van der Waals surface area (Å²) in [5.74, 6) is 1.02. The topological polar surface area (TPSA) is 12.0 Å². The molecular weight excluding hydrogens is 122 g/mol. The van der Waals surface area contributed by atoms with Crippen molar-refractivity contribution in [2.75, 3.05) is 13.1 Å². The summed E-state index contributed by atoms with van der Waals surface area (Å²) in [5, 5.41) is 3.49. The zero-order valence-electron chi connectivity index (χ0n) is 7.41. The summed E-state index contributed by atoms with van der Waals surface area (Å²) < 4.78 is 0. The first kappa shape index (κ1) is 8.06. The first-order valence-electron chi connectivity index (χ1n) is 4.29. The summed E-state index contributed by atoms with van der Waals surface area (Å²) >= 11 is 0. The molecule has 60 valence electrons. The summed E-state index contributed by atoms with van der Waals surface area (Å²) in [6, 6.07) is 0. The van der Waals surface area contributed by atoms with Crippen LogP contribution in [0, 0.1) is 11.3 Å². The van der Waals surface area contributed by atoms with E-state index in [0.29, 0.717) is 5.41 Å². The lowest BCUT2D eigenvalue weighted by molar-refractivity contribution is 0.377. The van der Waals surface area contributed by atoms with Crippen molar-refractivity contribution in [3.63, 3.8) is 0 Å². The van der Waals surface area contributed by atoms with Gasteiger partial charge in [-0.1, -0.05) is 20.8 Å². The second kappa shape index (κ2) is 2.91. The molecule has 0 amide bonds. The fourth-order valence-corrected chi connectivity index (χ4v) is 0.973. The molecule has 0 heterocycles. The molecule has 0 unspecified atom stereocenters. The van der Waals surface area contributed by atoms with Crippen LogP contribution in [0.5, 0.6) is 0 Å². The van der Waals surface area contributed by atoms with E-state index in [9.17, 15) is 0 Å². The Kier molecular flexibility index (Phi) is 2.35. The third-order valence-corrected chi connectivity index (χ3v) is 1.79. The minimum Gasteiger partial charge on any atom is -0.316 e. The van der Waals surface area contributed by atoms with Crippen LogP contribution in [0.4, 0.5) is 0 Å². The van der Waals surface area contributed by atoms with Crippen molar-refractivity contribution >= 4 is 0 Å². The number of rotatable bonds is 3. The summed E-state index contributed by atoms with van der Waals surface area (Å²) in [7, 11) is 0. The molecule has 1 heteroatoms. The molecule has 0 saturated heterocycles. The molecule has 1 aliphatic rings. The van der Waals surface area contributed by atoms with Gasteiger partial charge in [0.25, 0.3) is 0 Å². The van der Waals surface area contributed by atoms with Crippen LogP contribution in [0.2, 0.25) is 0 Å². The molecular formula is C9H19N. The molecule has 1 N–H and O–H groups in total. The Labute approximate surface area is 64.2 Å². The van der Waals surface area contributed by atoms with E-state index in [0.717, 1.165) is 12.5 Å². The van der Waals surface area contributed by atoms with Crippen molar-refractivity contribution in [1.29, 1.82) is 0 Å². The van der Waals surface area contributed by atoms with Crippen LogP contribution >= 0.6 is 0 Å². The molecule has 0 spiro atoms. The van der Waals surface area contributed by atoms with Crippen molar-refractivity contribution in [3.8, 4) is 0 Å². The smallest absolute Gasteiger partial charge is 0.000000945 e. The Bertz CT molecular complexity index is 97.8. The minimum absolute atomic E-state index is 0.453. The third kappa shape index (κ3) is 3.89. The van der Waals surface area contributed by atoms with Crippen LogP contribution in [0.1, 0.15) is 33.6 Å². The van der Waals surface area contributed by atoms with Gasteiger partial charge >= 0.3 is 0 Å². The van der Waals surface area contributed by atoms with Crippen LogP contribution in [-0.4, -0.2) is 13.1 Å². The van der Waals surface area contributed by atoms with E-state index in [1.807, 2.05) is 0 Å². The van der Waals surface area contributed by atoms with E-state index in [1.165, 1.54) is 19.4 Å². The van der Waals surface area contributed by atoms with E-state index in [-0.39, 0.29) is 0 Å². The van der Waals surface area contributed by atoms with Crippen LogP contribution in [0.15, 0.2) is 0 Å². The fraction of sp³-hybridized carbons (Fsp3) is 1.00. The second-order valence-electron chi connectivity index (χ2n) is 4.63. The van der Waals surface area contributed by atoms with Crippen LogP contribution in [0.3, 0.4) is 0 Å². The zero-order chi connectivity index (χ0) is 7.61. The maximum Gasteiger partial charge on any atom is -0.000000945 e. The van der Waals surface area contributed by atoms with Crippen LogP contribution in [-0.2, 0) is 0 Å². The Morgan fingerprint density at radius 3 is 2.30 bits per heavy atom. The van der Waals surface area contributed by atoms with Gasteiger partial charge in [-0.2, -0.15) is 0 Å². The second-order valence-corrected chi connectivity index (χ2v) is 4.63. The zero-order valence-corrected chi connectivity index (χ0v) is 7.41. The maximum absolute atomic E-state index is 3.49. The third-order valence-electron chi connectivity index (χ3n) is 1.79. The summed E-state index contributed by atoms with van der Waals surface area (Å²) in [4.78, 5) is 0. The van der Waals surface area contributed by atoms with Gasteiger partial charge < -0.3 is 5.32 Å². The molecule has 0 aliphatic heterocycles. The number of hydrogen-bond acceptors (Lipinski definition) is 1. The van der Waals surface area contributed by atoms with Gasteiger partial charge in [-0.25, -0.2) is 0 Å². The average Bonchev–Trinajstić information content (AvgIpc) is 2.45. The predicted octanol–water partition coefficient (Wildman–Crippen LogP) is 2.03. The molecule has 0 radical (unpaired) electrons. The highest BCUT2D eigenvalue weighted by Gasteiger charge is 2.21. The molecule has 1 nitrogen and oxygen atoms in total. The Morgan fingerprint density at radius 1 is 1.30 bits per heavy atom. The molecule has 1 aliphatic carbocycles. The molecule has 0 atom stereocenters. The summed E-state index contributed by atoms with van der Waals surface area (Å²) in [5.41, 5.74) is 0.453. The van der Waals surface area contributed by atoms with Gasteiger partial charge in [0.2, 0.25) is 0 Å². The van der Waals surface area contributed by atoms with Crippen molar-refractivity contribution in [2.24, 2.45) is 11.3 Å². The lowest BCUT2D eigenvalue weighted by atomic mass is 9.97. The van der Waals surface area contributed by atoms with Crippen molar-refractivity contribution < 1.29 is 0 Å². The van der Waals surface area contributed by atoms with E-state index in [2.05, 4.69) is 26.1 Å². The van der Waals surface area contributed by atoms with E-state index in [4.69, 9.17) is 0 Å². The maximum atomic E-state index is 3.49. The van der Waals surface area contributed by atoms with Gasteiger partial charge in [0, 0.05) is 0 Å².